The highest BCUT2D eigenvalue weighted by molar-refractivity contribution is 5.68. The van der Waals surface area contributed by atoms with E-state index in [9.17, 15) is 4.79 Å². The topological polar surface area (TPSA) is 89.7 Å². The molecule has 0 bridgehead atoms. The third kappa shape index (κ3) is 7.38. The Labute approximate surface area is 172 Å². The van der Waals surface area contributed by atoms with E-state index in [0.29, 0.717) is 24.9 Å². The van der Waals surface area contributed by atoms with Crippen LogP contribution in [0.25, 0.3) is 0 Å². The Morgan fingerprint density at radius 3 is 2.38 bits per heavy atom. The zero-order valence-corrected chi connectivity index (χ0v) is 18.4. The Kier molecular flexibility index (Phi) is 7.24. The summed E-state index contributed by atoms with van der Waals surface area (Å²) in [5, 5.41) is 6.81. The first-order valence-electron chi connectivity index (χ1n) is 9.73. The van der Waals surface area contributed by atoms with Crippen LogP contribution in [0, 0.1) is 0 Å². The third-order valence-corrected chi connectivity index (χ3v) is 3.93. The molecule has 0 aliphatic rings. The van der Waals surface area contributed by atoms with E-state index in [1.807, 2.05) is 59.0 Å². The van der Waals surface area contributed by atoms with Gasteiger partial charge in [0.1, 0.15) is 16.9 Å². The lowest BCUT2D eigenvalue weighted by molar-refractivity contribution is 0.0465. The zero-order valence-electron chi connectivity index (χ0n) is 18.4. The van der Waals surface area contributed by atoms with E-state index >= 15 is 0 Å². The van der Waals surface area contributed by atoms with Crippen LogP contribution in [-0.4, -0.2) is 40.4 Å². The monoisotopic (exact) mass is 404 g/mol. The average Bonchev–Trinajstić information content (AvgIpc) is 3.04. The Bertz CT molecular complexity index is 794. The van der Waals surface area contributed by atoms with E-state index in [4.69, 9.17) is 14.0 Å². The molecule has 8 nitrogen and oxygen atoms in total. The van der Waals surface area contributed by atoms with Gasteiger partial charge in [-0.25, -0.2) is 4.79 Å². The average molecular weight is 405 g/mol. The van der Waals surface area contributed by atoms with Crippen LogP contribution in [0.1, 0.15) is 58.8 Å². The molecule has 0 spiro atoms. The quantitative estimate of drug-likeness (QED) is 0.714. The fraction of sp³-hybridized carbons (Fsp3) is 0.571. The normalized spacial score (nSPS) is 12.1. The van der Waals surface area contributed by atoms with Crippen LogP contribution in [0.5, 0.6) is 5.75 Å². The molecule has 1 N–H and O–H groups in total. The minimum Gasteiger partial charge on any atom is -0.494 e. The third-order valence-electron chi connectivity index (χ3n) is 3.93. The first kappa shape index (κ1) is 22.7. The second-order valence-corrected chi connectivity index (χ2v) is 8.51. The molecule has 0 atom stereocenters. The van der Waals surface area contributed by atoms with Gasteiger partial charge in [-0.2, -0.15) is 4.98 Å². The van der Waals surface area contributed by atoms with Crippen molar-refractivity contribution in [3.8, 4) is 5.75 Å². The van der Waals surface area contributed by atoms with Crippen molar-refractivity contribution in [3.05, 3.63) is 41.5 Å². The number of nitrogens with zero attached hydrogens (tertiary/aromatic N) is 3. The number of hydrogen-bond acceptors (Lipinski definition) is 7. The van der Waals surface area contributed by atoms with Gasteiger partial charge < -0.3 is 19.3 Å². The van der Waals surface area contributed by atoms with E-state index in [1.54, 1.807) is 13.8 Å². The molecule has 8 heteroatoms. The van der Waals surface area contributed by atoms with Gasteiger partial charge in [0, 0.05) is 6.54 Å². The number of benzene rings is 1. The smallest absolute Gasteiger partial charge is 0.408 e. The number of carbonyl (C=O) groups is 1. The molecule has 2 aromatic rings. The molecule has 2 rings (SSSR count). The predicted octanol–water partition coefficient (Wildman–Crippen LogP) is 3.86. The SMILES string of the molecule is CCOc1ccc(CN(C)Cc2nc(C(C)(C)NC(=O)OC(C)(C)C)no2)cc1. The van der Waals surface area contributed by atoms with Gasteiger partial charge in [0.05, 0.1) is 13.2 Å². The van der Waals surface area contributed by atoms with Gasteiger partial charge in [-0.3, -0.25) is 4.90 Å². The summed E-state index contributed by atoms with van der Waals surface area (Å²) in [7, 11) is 1.98. The molecular weight excluding hydrogens is 372 g/mol. The van der Waals surface area contributed by atoms with Crippen LogP contribution in [0.3, 0.4) is 0 Å². The van der Waals surface area contributed by atoms with Crippen molar-refractivity contribution in [1.82, 2.24) is 20.4 Å². The number of amides is 1. The van der Waals surface area contributed by atoms with Gasteiger partial charge in [0.15, 0.2) is 5.82 Å². The summed E-state index contributed by atoms with van der Waals surface area (Å²) in [6.45, 7) is 12.9. The van der Waals surface area contributed by atoms with Gasteiger partial charge in [-0.1, -0.05) is 17.3 Å². The minimum atomic E-state index is -0.822. The van der Waals surface area contributed by atoms with Crippen molar-refractivity contribution < 1.29 is 18.8 Å². The second-order valence-electron chi connectivity index (χ2n) is 8.51. The van der Waals surface area contributed by atoms with Crippen LogP contribution < -0.4 is 10.1 Å². The molecule has 0 aliphatic heterocycles. The highest BCUT2D eigenvalue weighted by Gasteiger charge is 2.31. The number of nitrogens with one attached hydrogen (secondary N) is 1. The molecular formula is C21H32N4O4. The largest absolute Gasteiger partial charge is 0.494 e. The van der Waals surface area contributed by atoms with E-state index < -0.39 is 17.2 Å². The lowest BCUT2D eigenvalue weighted by Gasteiger charge is -2.26. The summed E-state index contributed by atoms with van der Waals surface area (Å²) in [6, 6.07) is 7.99. The van der Waals surface area contributed by atoms with Crippen molar-refractivity contribution in [1.29, 1.82) is 0 Å². The molecule has 0 saturated heterocycles. The fourth-order valence-corrected chi connectivity index (χ4v) is 2.64. The summed E-state index contributed by atoms with van der Waals surface area (Å²) in [6.07, 6.45) is -0.526. The van der Waals surface area contributed by atoms with Gasteiger partial charge in [-0.15, -0.1) is 0 Å². The number of aromatic nitrogens is 2. The Morgan fingerprint density at radius 1 is 1.14 bits per heavy atom. The molecule has 0 unspecified atom stereocenters. The molecule has 160 valence electrons. The van der Waals surface area contributed by atoms with Gasteiger partial charge in [0.2, 0.25) is 5.89 Å². The second kappa shape index (κ2) is 9.26. The Morgan fingerprint density at radius 2 is 1.79 bits per heavy atom. The maximum Gasteiger partial charge on any atom is 0.408 e. The minimum absolute atomic E-state index is 0.396. The van der Waals surface area contributed by atoms with Gasteiger partial charge in [-0.05, 0) is 66.3 Å². The fourth-order valence-electron chi connectivity index (χ4n) is 2.64. The molecule has 0 fully saturated rings. The van der Waals surface area contributed by atoms with Crippen LogP contribution in [0.15, 0.2) is 28.8 Å². The maximum atomic E-state index is 12.1. The first-order chi connectivity index (χ1) is 13.5. The van der Waals surface area contributed by atoms with Crippen molar-refractivity contribution >= 4 is 6.09 Å². The molecule has 29 heavy (non-hydrogen) atoms. The van der Waals surface area contributed by atoms with Crippen molar-refractivity contribution in [3.63, 3.8) is 0 Å². The Balaban J connectivity index is 1.93. The van der Waals surface area contributed by atoms with Crippen LogP contribution in [-0.2, 0) is 23.4 Å². The molecule has 1 heterocycles. The van der Waals surface area contributed by atoms with E-state index in [0.717, 1.165) is 17.9 Å². The number of carbonyl (C=O) groups excluding carboxylic acids is 1. The molecule has 0 radical (unpaired) electrons. The van der Waals surface area contributed by atoms with Crippen LogP contribution in [0.2, 0.25) is 0 Å². The van der Waals surface area contributed by atoms with E-state index in [2.05, 4.69) is 20.4 Å². The number of ether oxygens (including phenoxy) is 2. The van der Waals surface area contributed by atoms with Crippen molar-refractivity contribution in [2.24, 2.45) is 0 Å². The molecule has 1 aromatic heterocycles. The highest BCUT2D eigenvalue weighted by Crippen LogP contribution is 2.19. The highest BCUT2D eigenvalue weighted by atomic mass is 16.6. The van der Waals surface area contributed by atoms with Gasteiger partial charge in [0.25, 0.3) is 0 Å². The van der Waals surface area contributed by atoms with E-state index in [-0.39, 0.29) is 0 Å². The van der Waals surface area contributed by atoms with Crippen molar-refractivity contribution in [2.75, 3.05) is 13.7 Å². The summed E-state index contributed by atoms with van der Waals surface area (Å²) in [5.74, 6) is 1.74. The lowest BCUT2D eigenvalue weighted by atomic mass is 10.1. The van der Waals surface area contributed by atoms with Crippen LogP contribution in [0.4, 0.5) is 4.79 Å². The summed E-state index contributed by atoms with van der Waals surface area (Å²) in [5.41, 5.74) is -0.244. The molecule has 0 saturated carbocycles. The van der Waals surface area contributed by atoms with Gasteiger partial charge >= 0.3 is 6.09 Å². The number of hydrogen-bond donors (Lipinski definition) is 1. The van der Waals surface area contributed by atoms with Crippen LogP contribution >= 0.6 is 0 Å². The summed E-state index contributed by atoms with van der Waals surface area (Å²) < 4.78 is 16.1. The summed E-state index contributed by atoms with van der Waals surface area (Å²) >= 11 is 0. The Hall–Kier alpha value is -2.61. The maximum absolute atomic E-state index is 12.1. The summed E-state index contributed by atoms with van der Waals surface area (Å²) in [4.78, 5) is 18.6. The molecule has 0 aliphatic carbocycles. The first-order valence-corrected chi connectivity index (χ1v) is 9.73. The van der Waals surface area contributed by atoms with E-state index in [1.165, 1.54) is 0 Å². The lowest BCUT2D eigenvalue weighted by Crippen LogP contribution is -2.44. The number of alkyl carbamates (subject to hydrolysis) is 1. The predicted molar refractivity (Wildman–Crippen MR) is 109 cm³/mol. The zero-order chi connectivity index (χ0) is 21.7. The van der Waals surface area contributed by atoms with Crippen molar-refractivity contribution in [2.45, 2.75) is 65.8 Å². The molecule has 1 aromatic carbocycles. The standard InChI is InChI=1S/C21H32N4O4/c1-8-27-16-11-9-15(10-12-16)13-25(7)14-17-22-18(24-29-17)21(5,6)23-19(26)28-20(2,3)4/h9-12H,8,13-14H2,1-7H3,(H,23,26). The number of rotatable bonds is 8. The molecule has 1 amide bonds.